The molecule has 8 nitrogen and oxygen atoms in total. The molecule has 1 aromatic heterocycles. The summed E-state index contributed by atoms with van der Waals surface area (Å²) in [4.78, 5) is 14.0. The lowest BCUT2D eigenvalue weighted by molar-refractivity contribution is 0.182. The highest BCUT2D eigenvalue weighted by atomic mass is 32.2. The first-order valence-electron chi connectivity index (χ1n) is 8.87. The first-order valence-corrected chi connectivity index (χ1v) is 10.5. The molecule has 2 amide bonds. The van der Waals surface area contributed by atoms with E-state index in [1.54, 1.807) is 6.92 Å². The topological polar surface area (TPSA) is 95.8 Å². The van der Waals surface area contributed by atoms with Gasteiger partial charge in [-0.15, -0.1) is 0 Å². The molecular weight excluding hydrogens is 413 g/mol. The lowest BCUT2D eigenvalue weighted by Gasteiger charge is -2.33. The van der Waals surface area contributed by atoms with Crippen LogP contribution in [0.3, 0.4) is 0 Å². The molecule has 4 rings (SSSR count). The van der Waals surface area contributed by atoms with E-state index in [-0.39, 0.29) is 36.5 Å². The van der Waals surface area contributed by atoms with Crippen molar-refractivity contribution >= 4 is 27.6 Å². The van der Waals surface area contributed by atoms with Gasteiger partial charge in [-0.25, -0.2) is 30.7 Å². The second-order valence-electron chi connectivity index (χ2n) is 7.02. The van der Waals surface area contributed by atoms with Crippen LogP contribution in [0.15, 0.2) is 16.7 Å². The van der Waals surface area contributed by atoms with Gasteiger partial charge in [0.05, 0.1) is 23.6 Å². The standard InChI is InChI=1S/C17H17F3N4O4S/c1-9-5-14-11(16(28-22-14)24-3-2-4-29(24,26)27)8-23(9)17(25)21-10-6-12(18)15(20)13(19)7-10/h6-7,9H,2-5,8H2,1H3,(H,21,25)/t9-/m0/s1. The molecule has 0 aliphatic carbocycles. The number of hydrogen-bond acceptors (Lipinski definition) is 5. The van der Waals surface area contributed by atoms with Gasteiger partial charge in [0.15, 0.2) is 17.5 Å². The molecule has 29 heavy (non-hydrogen) atoms. The summed E-state index contributed by atoms with van der Waals surface area (Å²) in [5.74, 6) is -4.38. The van der Waals surface area contributed by atoms with Gasteiger partial charge in [-0.3, -0.25) is 0 Å². The van der Waals surface area contributed by atoms with E-state index in [1.165, 1.54) is 4.90 Å². The van der Waals surface area contributed by atoms with Gasteiger partial charge < -0.3 is 14.7 Å². The Hall–Kier alpha value is -2.76. The monoisotopic (exact) mass is 430 g/mol. The Bertz CT molecular complexity index is 1070. The number of urea groups is 1. The maximum atomic E-state index is 13.4. The molecule has 2 aliphatic rings. The molecule has 1 aromatic carbocycles. The molecular formula is C17H17F3N4O4S. The van der Waals surface area contributed by atoms with Gasteiger partial charge in [0.1, 0.15) is 0 Å². The third-order valence-corrected chi connectivity index (χ3v) is 6.84. The first-order chi connectivity index (χ1) is 13.7. The van der Waals surface area contributed by atoms with E-state index < -0.39 is 33.5 Å². The van der Waals surface area contributed by atoms with Crippen molar-refractivity contribution in [2.45, 2.75) is 32.4 Å². The van der Waals surface area contributed by atoms with Crippen molar-refractivity contribution in [2.24, 2.45) is 0 Å². The van der Waals surface area contributed by atoms with Crippen molar-refractivity contribution in [3.63, 3.8) is 0 Å². The number of carbonyl (C=O) groups is 1. The Morgan fingerprint density at radius 1 is 1.28 bits per heavy atom. The van der Waals surface area contributed by atoms with Crippen LogP contribution >= 0.6 is 0 Å². The molecule has 156 valence electrons. The van der Waals surface area contributed by atoms with Crippen molar-refractivity contribution in [2.75, 3.05) is 21.9 Å². The SMILES string of the molecule is C[C@H]1Cc2noc(N3CCCS3(=O)=O)c2CN1C(=O)Nc1cc(F)c(F)c(F)c1. The molecule has 1 N–H and O–H groups in total. The average Bonchev–Trinajstić information content (AvgIpc) is 3.20. The molecule has 0 radical (unpaired) electrons. The number of carbonyl (C=O) groups excluding carboxylic acids is 1. The number of sulfonamides is 1. The normalized spacial score (nSPS) is 20.6. The molecule has 0 unspecified atom stereocenters. The van der Waals surface area contributed by atoms with Gasteiger partial charge >= 0.3 is 6.03 Å². The summed E-state index contributed by atoms with van der Waals surface area (Å²) in [5.41, 5.74) is 0.787. The Morgan fingerprint density at radius 2 is 1.97 bits per heavy atom. The van der Waals surface area contributed by atoms with Crippen LogP contribution in [0.2, 0.25) is 0 Å². The summed E-state index contributed by atoms with van der Waals surface area (Å²) in [7, 11) is -3.50. The maximum Gasteiger partial charge on any atom is 0.322 e. The highest BCUT2D eigenvalue weighted by molar-refractivity contribution is 7.93. The lowest BCUT2D eigenvalue weighted by Crippen LogP contribution is -2.45. The Balaban J connectivity index is 1.58. The molecule has 0 spiro atoms. The van der Waals surface area contributed by atoms with Crippen LogP contribution in [0.1, 0.15) is 24.6 Å². The van der Waals surface area contributed by atoms with E-state index >= 15 is 0 Å². The summed E-state index contributed by atoms with van der Waals surface area (Å²) >= 11 is 0. The van der Waals surface area contributed by atoms with Crippen LogP contribution < -0.4 is 9.62 Å². The van der Waals surface area contributed by atoms with Crippen LogP contribution in [-0.4, -0.2) is 42.8 Å². The summed E-state index contributed by atoms with van der Waals surface area (Å²) in [6, 6.07) is 0.339. The smallest absolute Gasteiger partial charge is 0.322 e. The fourth-order valence-electron chi connectivity index (χ4n) is 3.53. The van der Waals surface area contributed by atoms with Gasteiger partial charge in [0, 0.05) is 36.8 Å². The number of nitrogens with one attached hydrogen (secondary N) is 1. The van der Waals surface area contributed by atoms with Crippen LogP contribution in [0.25, 0.3) is 0 Å². The number of nitrogens with zero attached hydrogens (tertiary/aromatic N) is 3. The van der Waals surface area contributed by atoms with Crippen LogP contribution in [0.5, 0.6) is 0 Å². The van der Waals surface area contributed by atoms with Crippen molar-refractivity contribution in [3.8, 4) is 0 Å². The van der Waals surface area contributed by atoms with Crippen LogP contribution in [0.4, 0.5) is 29.5 Å². The fourth-order valence-corrected chi connectivity index (χ4v) is 5.04. The Morgan fingerprint density at radius 3 is 2.59 bits per heavy atom. The fraction of sp³-hybridized carbons (Fsp3) is 0.412. The van der Waals surface area contributed by atoms with Gasteiger partial charge in [0.2, 0.25) is 15.9 Å². The van der Waals surface area contributed by atoms with Gasteiger partial charge in [0.25, 0.3) is 0 Å². The second kappa shape index (κ2) is 6.94. The molecule has 1 atom stereocenters. The number of anilines is 2. The average molecular weight is 430 g/mol. The van der Waals surface area contributed by atoms with Gasteiger partial charge in [-0.05, 0) is 13.3 Å². The molecule has 3 heterocycles. The zero-order valence-corrected chi connectivity index (χ0v) is 16.1. The van der Waals surface area contributed by atoms with E-state index in [4.69, 9.17) is 4.52 Å². The highest BCUT2D eigenvalue weighted by Crippen LogP contribution is 2.35. The summed E-state index contributed by atoms with van der Waals surface area (Å²) in [6.45, 7) is 2.01. The molecule has 1 fully saturated rings. The first kappa shape index (κ1) is 19.6. The zero-order chi connectivity index (χ0) is 20.9. The number of amides is 2. The quantitative estimate of drug-likeness (QED) is 0.739. The van der Waals surface area contributed by atoms with E-state index in [0.29, 0.717) is 36.2 Å². The predicted octanol–water partition coefficient (Wildman–Crippen LogP) is 2.61. The summed E-state index contributed by atoms with van der Waals surface area (Å²) in [6.07, 6.45) is 0.770. The van der Waals surface area contributed by atoms with Crippen molar-refractivity contribution in [3.05, 3.63) is 40.8 Å². The zero-order valence-electron chi connectivity index (χ0n) is 15.3. The molecule has 0 saturated carbocycles. The predicted molar refractivity (Wildman–Crippen MR) is 96.3 cm³/mol. The Labute approximate surface area is 164 Å². The van der Waals surface area contributed by atoms with Gasteiger partial charge in [-0.2, -0.15) is 0 Å². The van der Waals surface area contributed by atoms with Crippen molar-refractivity contribution < 1.29 is 30.9 Å². The minimum absolute atomic E-state index is 0.000649. The molecule has 2 aromatic rings. The number of hydrogen-bond donors (Lipinski definition) is 1. The van der Waals surface area contributed by atoms with Crippen LogP contribution in [0, 0.1) is 17.5 Å². The minimum atomic E-state index is -3.50. The third-order valence-electron chi connectivity index (χ3n) is 5.02. The van der Waals surface area contributed by atoms with Crippen molar-refractivity contribution in [1.82, 2.24) is 10.1 Å². The number of benzene rings is 1. The highest BCUT2D eigenvalue weighted by Gasteiger charge is 2.38. The number of halogens is 3. The maximum absolute atomic E-state index is 13.4. The van der Waals surface area contributed by atoms with E-state index in [1.807, 2.05) is 0 Å². The second-order valence-corrected chi connectivity index (χ2v) is 9.03. The van der Waals surface area contributed by atoms with Gasteiger partial charge in [-0.1, -0.05) is 5.16 Å². The summed E-state index contributed by atoms with van der Waals surface area (Å²) < 4.78 is 70.7. The number of fused-ring (bicyclic) bond motifs is 1. The van der Waals surface area contributed by atoms with E-state index in [9.17, 15) is 26.4 Å². The van der Waals surface area contributed by atoms with E-state index in [0.717, 1.165) is 4.31 Å². The summed E-state index contributed by atoms with van der Waals surface area (Å²) in [5, 5.41) is 6.28. The third kappa shape index (κ3) is 3.41. The van der Waals surface area contributed by atoms with Crippen LogP contribution in [-0.2, 0) is 23.0 Å². The largest absolute Gasteiger partial charge is 0.337 e. The molecule has 12 heteroatoms. The molecule has 0 bridgehead atoms. The minimum Gasteiger partial charge on any atom is -0.337 e. The van der Waals surface area contributed by atoms with E-state index in [2.05, 4.69) is 10.5 Å². The number of rotatable bonds is 2. The lowest BCUT2D eigenvalue weighted by atomic mass is 10.0. The molecule has 2 aliphatic heterocycles. The van der Waals surface area contributed by atoms with Crippen molar-refractivity contribution in [1.29, 1.82) is 0 Å². The Kier molecular flexibility index (Phi) is 4.68. The molecule has 1 saturated heterocycles. The number of aromatic nitrogens is 1.